The van der Waals surface area contributed by atoms with Crippen molar-refractivity contribution in [2.75, 3.05) is 32.1 Å². The Morgan fingerprint density at radius 3 is 2.62 bits per heavy atom. The SMILES string of the molecule is Cc1cc(C)c2nc(N(CCN(C)C)C(=O)c3cccc(F)c3)sc2c1. The first-order valence-electron chi connectivity index (χ1n) is 8.45. The summed E-state index contributed by atoms with van der Waals surface area (Å²) >= 11 is 1.49. The number of likely N-dealkylation sites (N-methyl/N-ethyl adjacent to an activating group) is 1. The van der Waals surface area contributed by atoms with Crippen molar-refractivity contribution < 1.29 is 9.18 Å². The molecule has 2 aromatic carbocycles. The van der Waals surface area contributed by atoms with E-state index in [1.807, 2.05) is 32.8 Å². The number of hydrogen-bond donors (Lipinski definition) is 0. The van der Waals surface area contributed by atoms with E-state index in [0.717, 1.165) is 15.8 Å². The fourth-order valence-corrected chi connectivity index (χ4v) is 4.00. The molecular weight excluding hydrogens is 349 g/mol. The average molecular weight is 371 g/mol. The maximum absolute atomic E-state index is 13.6. The van der Waals surface area contributed by atoms with Crippen molar-refractivity contribution in [1.82, 2.24) is 9.88 Å². The van der Waals surface area contributed by atoms with E-state index >= 15 is 0 Å². The summed E-state index contributed by atoms with van der Waals surface area (Å²) in [5.41, 5.74) is 3.50. The third-order valence-electron chi connectivity index (χ3n) is 4.14. The first kappa shape index (κ1) is 18.5. The fourth-order valence-electron chi connectivity index (χ4n) is 2.84. The van der Waals surface area contributed by atoms with E-state index in [0.29, 0.717) is 23.8 Å². The lowest BCUT2D eigenvalue weighted by Gasteiger charge is -2.22. The van der Waals surface area contributed by atoms with Crippen LogP contribution in [-0.4, -0.2) is 43.0 Å². The van der Waals surface area contributed by atoms with Crippen molar-refractivity contribution in [1.29, 1.82) is 0 Å². The Morgan fingerprint density at radius 2 is 1.92 bits per heavy atom. The maximum Gasteiger partial charge on any atom is 0.260 e. The molecule has 136 valence electrons. The second-order valence-corrected chi connectivity index (χ2v) is 7.70. The Labute approximate surface area is 156 Å². The van der Waals surface area contributed by atoms with Crippen LogP contribution in [0, 0.1) is 19.7 Å². The van der Waals surface area contributed by atoms with Gasteiger partial charge in [-0.2, -0.15) is 0 Å². The Kier molecular flexibility index (Phi) is 5.34. The Morgan fingerprint density at radius 1 is 1.15 bits per heavy atom. The summed E-state index contributed by atoms with van der Waals surface area (Å²) in [6.07, 6.45) is 0. The predicted octanol–water partition coefficient (Wildman–Crippen LogP) is 4.26. The molecule has 0 radical (unpaired) electrons. The van der Waals surface area contributed by atoms with Gasteiger partial charge in [0.25, 0.3) is 5.91 Å². The van der Waals surface area contributed by atoms with Gasteiger partial charge in [-0.3, -0.25) is 9.69 Å². The first-order valence-corrected chi connectivity index (χ1v) is 9.27. The molecule has 1 heterocycles. The molecule has 0 aliphatic carbocycles. The molecule has 3 rings (SSSR count). The minimum Gasteiger partial charge on any atom is -0.308 e. The lowest BCUT2D eigenvalue weighted by molar-refractivity contribution is 0.0984. The minimum atomic E-state index is -0.417. The molecule has 0 saturated carbocycles. The molecule has 0 bridgehead atoms. The van der Waals surface area contributed by atoms with Crippen molar-refractivity contribution in [3.8, 4) is 0 Å². The molecule has 0 saturated heterocycles. The standard InChI is InChI=1S/C20H22FN3OS/c1-13-10-14(2)18-17(11-13)26-20(22-18)24(9-8-23(3)4)19(25)15-6-5-7-16(21)12-15/h5-7,10-12H,8-9H2,1-4H3. The highest BCUT2D eigenvalue weighted by atomic mass is 32.1. The average Bonchev–Trinajstić information content (AvgIpc) is 2.98. The van der Waals surface area contributed by atoms with Crippen LogP contribution in [0.4, 0.5) is 9.52 Å². The highest BCUT2D eigenvalue weighted by Crippen LogP contribution is 2.32. The van der Waals surface area contributed by atoms with Crippen molar-refractivity contribution in [3.05, 3.63) is 58.9 Å². The molecule has 3 aromatic rings. The topological polar surface area (TPSA) is 36.4 Å². The Hall–Kier alpha value is -2.31. The smallest absolute Gasteiger partial charge is 0.260 e. The Bertz CT molecular complexity index is 951. The maximum atomic E-state index is 13.6. The van der Waals surface area contributed by atoms with Gasteiger partial charge >= 0.3 is 0 Å². The molecule has 0 spiro atoms. The zero-order chi connectivity index (χ0) is 18.8. The summed E-state index contributed by atoms with van der Waals surface area (Å²) in [5.74, 6) is -0.654. The third kappa shape index (κ3) is 3.92. The number of halogens is 1. The van der Waals surface area contributed by atoms with Gasteiger partial charge < -0.3 is 4.90 Å². The van der Waals surface area contributed by atoms with E-state index in [4.69, 9.17) is 4.98 Å². The van der Waals surface area contributed by atoms with Crippen LogP contribution >= 0.6 is 11.3 Å². The molecule has 0 unspecified atom stereocenters. The summed E-state index contributed by atoms with van der Waals surface area (Å²) in [6, 6.07) is 9.97. The lowest BCUT2D eigenvalue weighted by atomic mass is 10.1. The molecule has 4 nitrogen and oxygen atoms in total. The van der Waals surface area contributed by atoms with Gasteiger partial charge in [-0.05, 0) is 63.3 Å². The van der Waals surface area contributed by atoms with Crippen LogP contribution in [-0.2, 0) is 0 Å². The van der Waals surface area contributed by atoms with Gasteiger partial charge in [0, 0.05) is 18.7 Å². The van der Waals surface area contributed by atoms with E-state index in [1.165, 1.54) is 29.0 Å². The first-order chi connectivity index (χ1) is 12.3. The fraction of sp³-hybridized carbons (Fsp3) is 0.300. The molecular formula is C20H22FN3OS. The van der Waals surface area contributed by atoms with E-state index in [2.05, 4.69) is 12.1 Å². The number of hydrogen-bond acceptors (Lipinski definition) is 4. The van der Waals surface area contributed by atoms with Crippen molar-refractivity contribution in [2.45, 2.75) is 13.8 Å². The number of rotatable bonds is 5. The number of nitrogens with zero attached hydrogens (tertiary/aromatic N) is 3. The van der Waals surface area contributed by atoms with Crippen LogP contribution in [0.1, 0.15) is 21.5 Å². The molecule has 1 aromatic heterocycles. The second-order valence-electron chi connectivity index (χ2n) is 6.70. The zero-order valence-electron chi connectivity index (χ0n) is 15.4. The van der Waals surface area contributed by atoms with E-state index in [-0.39, 0.29) is 5.91 Å². The van der Waals surface area contributed by atoms with Crippen molar-refractivity contribution in [3.63, 3.8) is 0 Å². The molecule has 0 fully saturated rings. The number of benzene rings is 2. The minimum absolute atomic E-state index is 0.236. The van der Waals surface area contributed by atoms with Crippen LogP contribution in [0.3, 0.4) is 0 Å². The van der Waals surface area contributed by atoms with Gasteiger partial charge in [-0.1, -0.05) is 23.5 Å². The summed E-state index contributed by atoms with van der Waals surface area (Å²) in [7, 11) is 3.91. The van der Waals surface area contributed by atoms with Crippen LogP contribution in [0.15, 0.2) is 36.4 Å². The van der Waals surface area contributed by atoms with Gasteiger partial charge in [0.2, 0.25) is 0 Å². The molecule has 0 N–H and O–H groups in total. The number of carbonyl (C=O) groups excluding carboxylic acids is 1. The van der Waals surface area contributed by atoms with Crippen molar-refractivity contribution >= 4 is 32.6 Å². The number of fused-ring (bicyclic) bond motifs is 1. The number of amides is 1. The normalized spacial score (nSPS) is 11.3. The van der Waals surface area contributed by atoms with Crippen molar-refractivity contribution in [2.24, 2.45) is 0 Å². The van der Waals surface area contributed by atoms with Gasteiger partial charge in [0.05, 0.1) is 10.2 Å². The van der Waals surface area contributed by atoms with E-state index < -0.39 is 5.82 Å². The molecule has 26 heavy (non-hydrogen) atoms. The summed E-state index contributed by atoms with van der Waals surface area (Å²) in [5, 5.41) is 0.643. The molecule has 1 amide bonds. The number of thiazole rings is 1. The van der Waals surface area contributed by atoms with Gasteiger partial charge in [0.1, 0.15) is 5.82 Å². The van der Waals surface area contributed by atoms with E-state index in [1.54, 1.807) is 17.0 Å². The van der Waals surface area contributed by atoms with Gasteiger partial charge in [-0.15, -0.1) is 0 Å². The highest BCUT2D eigenvalue weighted by Gasteiger charge is 2.22. The number of carbonyl (C=O) groups is 1. The van der Waals surface area contributed by atoms with Gasteiger partial charge in [0.15, 0.2) is 5.13 Å². The summed E-state index contributed by atoms with van der Waals surface area (Å²) in [6.45, 7) is 5.25. The zero-order valence-corrected chi connectivity index (χ0v) is 16.2. The summed E-state index contributed by atoms with van der Waals surface area (Å²) < 4.78 is 14.6. The van der Waals surface area contributed by atoms with E-state index in [9.17, 15) is 9.18 Å². The lowest BCUT2D eigenvalue weighted by Crippen LogP contribution is -2.36. The van der Waals surface area contributed by atoms with Crippen LogP contribution in [0.5, 0.6) is 0 Å². The third-order valence-corrected chi connectivity index (χ3v) is 5.16. The summed E-state index contributed by atoms with van der Waals surface area (Å²) in [4.78, 5) is 21.4. The monoisotopic (exact) mass is 371 g/mol. The number of aromatic nitrogens is 1. The van der Waals surface area contributed by atoms with Crippen LogP contribution in [0.2, 0.25) is 0 Å². The molecule has 0 aliphatic heterocycles. The quantitative estimate of drug-likeness (QED) is 0.672. The Balaban J connectivity index is 2.03. The van der Waals surface area contributed by atoms with Gasteiger partial charge in [-0.25, -0.2) is 9.37 Å². The second kappa shape index (κ2) is 7.51. The van der Waals surface area contributed by atoms with Crippen LogP contribution < -0.4 is 4.90 Å². The van der Waals surface area contributed by atoms with Crippen LogP contribution in [0.25, 0.3) is 10.2 Å². The number of aryl methyl sites for hydroxylation is 2. The molecule has 0 atom stereocenters. The number of anilines is 1. The largest absolute Gasteiger partial charge is 0.308 e. The highest BCUT2D eigenvalue weighted by molar-refractivity contribution is 7.22. The molecule has 6 heteroatoms. The predicted molar refractivity (Wildman–Crippen MR) is 106 cm³/mol. The molecule has 0 aliphatic rings.